The van der Waals surface area contributed by atoms with E-state index < -0.39 is 10.8 Å². The fourth-order valence-electron chi connectivity index (χ4n) is 5.02. The molecule has 198 valence electrons. The Morgan fingerprint density at radius 3 is 1.06 bits per heavy atom. The zero-order chi connectivity index (χ0) is 25.1. The zero-order valence-corrected chi connectivity index (χ0v) is 22.2. The van der Waals surface area contributed by atoms with Gasteiger partial charge in [-0.05, 0) is 36.8 Å². The van der Waals surface area contributed by atoms with Crippen LogP contribution in [0.5, 0.6) is 0 Å². The minimum Gasteiger partial charge on any atom is -0.396 e. The summed E-state index contributed by atoms with van der Waals surface area (Å²) in [6.07, 6.45) is 17.4. The molecule has 1 rings (SSSR count). The molecule has 1 aromatic rings. The van der Waals surface area contributed by atoms with Gasteiger partial charge in [-0.1, -0.05) is 115 Å². The maximum absolute atomic E-state index is 10.1. The Kier molecular flexibility index (Phi) is 16.8. The second-order valence-electron chi connectivity index (χ2n) is 10.8. The van der Waals surface area contributed by atoms with Gasteiger partial charge in [0.1, 0.15) is 0 Å². The number of hydrogen-bond acceptors (Lipinski definition) is 4. The van der Waals surface area contributed by atoms with Gasteiger partial charge >= 0.3 is 0 Å². The molecule has 0 aliphatic rings. The summed E-state index contributed by atoms with van der Waals surface area (Å²) in [6, 6.07) is 8.34. The minimum absolute atomic E-state index is 0.00337. The van der Waals surface area contributed by atoms with Gasteiger partial charge in [-0.3, -0.25) is 0 Å². The highest BCUT2D eigenvalue weighted by atomic mass is 16.3. The lowest BCUT2D eigenvalue weighted by Gasteiger charge is -2.31. The maximum Gasteiger partial charge on any atom is 0.0512 e. The quantitative estimate of drug-likeness (QED) is 0.149. The van der Waals surface area contributed by atoms with E-state index in [0.29, 0.717) is 12.8 Å². The Balaban J connectivity index is 2.64. The predicted octanol–water partition coefficient (Wildman–Crippen LogP) is 6.21. The first-order valence-electron chi connectivity index (χ1n) is 14.0. The molecule has 0 saturated heterocycles. The van der Waals surface area contributed by atoms with Crippen molar-refractivity contribution < 1.29 is 20.4 Å². The molecule has 4 nitrogen and oxygen atoms in total. The first-order valence-corrected chi connectivity index (χ1v) is 14.0. The number of aliphatic hydroxyl groups is 4. The van der Waals surface area contributed by atoms with Gasteiger partial charge in [0, 0.05) is 10.8 Å². The van der Waals surface area contributed by atoms with Crippen LogP contribution in [0.3, 0.4) is 0 Å². The third-order valence-corrected chi connectivity index (χ3v) is 7.64. The summed E-state index contributed by atoms with van der Waals surface area (Å²) in [5.74, 6) is 0. The number of hydrogen-bond donors (Lipinski definition) is 4. The lowest BCUT2D eigenvalue weighted by Crippen LogP contribution is -2.33. The molecule has 4 heteroatoms. The second-order valence-corrected chi connectivity index (χ2v) is 10.8. The summed E-state index contributed by atoms with van der Waals surface area (Å²) in [5.41, 5.74) is 1.30. The fourth-order valence-corrected chi connectivity index (χ4v) is 5.02. The molecule has 0 saturated carbocycles. The Bertz CT molecular complexity index is 537. The van der Waals surface area contributed by atoms with E-state index in [1.54, 1.807) is 0 Å². The number of aliphatic hydroxyl groups excluding tert-OH is 4. The summed E-state index contributed by atoms with van der Waals surface area (Å²) < 4.78 is 0. The molecular weight excluding hydrogens is 424 g/mol. The van der Waals surface area contributed by atoms with Crippen LogP contribution in [0.25, 0.3) is 0 Å². The monoisotopic (exact) mass is 478 g/mol. The first kappa shape index (κ1) is 31.1. The van der Waals surface area contributed by atoms with Gasteiger partial charge < -0.3 is 20.4 Å². The SMILES string of the molecule is CCCCCCCCC(CO)(CO)Cc1ccc(CC(CO)(CO)CCCCCCCC)cc1. The van der Waals surface area contributed by atoms with Crippen molar-refractivity contribution in [3.05, 3.63) is 35.4 Å². The van der Waals surface area contributed by atoms with E-state index in [1.165, 1.54) is 51.4 Å². The van der Waals surface area contributed by atoms with Gasteiger partial charge in [-0.2, -0.15) is 0 Å². The van der Waals surface area contributed by atoms with Crippen molar-refractivity contribution in [1.82, 2.24) is 0 Å². The molecular formula is C30H54O4. The summed E-state index contributed by atoms with van der Waals surface area (Å²) in [5, 5.41) is 40.3. The van der Waals surface area contributed by atoms with Gasteiger partial charge in [0.25, 0.3) is 0 Å². The molecule has 0 amide bonds. The summed E-state index contributed by atoms with van der Waals surface area (Å²) >= 11 is 0. The van der Waals surface area contributed by atoms with Crippen molar-refractivity contribution >= 4 is 0 Å². The van der Waals surface area contributed by atoms with Crippen molar-refractivity contribution in [3.63, 3.8) is 0 Å². The third kappa shape index (κ3) is 11.7. The molecule has 4 N–H and O–H groups in total. The number of rotatable bonds is 22. The molecule has 1 aromatic carbocycles. The zero-order valence-electron chi connectivity index (χ0n) is 22.2. The van der Waals surface area contributed by atoms with Crippen LogP contribution in [0.15, 0.2) is 24.3 Å². The smallest absolute Gasteiger partial charge is 0.0512 e. The van der Waals surface area contributed by atoms with Crippen LogP contribution in [0.1, 0.15) is 115 Å². The van der Waals surface area contributed by atoms with Gasteiger partial charge in [0.15, 0.2) is 0 Å². The third-order valence-electron chi connectivity index (χ3n) is 7.64. The Labute approximate surface area is 209 Å². The lowest BCUT2D eigenvalue weighted by molar-refractivity contribution is 0.0442. The normalized spacial score (nSPS) is 12.4. The molecule has 0 aliphatic heterocycles. The Morgan fingerprint density at radius 1 is 0.471 bits per heavy atom. The van der Waals surface area contributed by atoms with E-state index in [0.717, 1.165) is 49.7 Å². The van der Waals surface area contributed by atoms with E-state index in [2.05, 4.69) is 38.1 Å². The van der Waals surface area contributed by atoms with E-state index in [1.807, 2.05) is 0 Å². The number of unbranched alkanes of at least 4 members (excludes halogenated alkanes) is 10. The topological polar surface area (TPSA) is 80.9 Å². The van der Waals surface area contributed by atoms with E-state index in [9.17, 15) is 20.4 Å². The van der Waals surface area contributed by atoms with Crippen molar-refractivity contribution in [2.45, 2.75) is 117 Å². The highest BCUT2D eigenvalue weighted by Gasteiger charge is 2.30. The second kappa shape index (κ2) is 18.3. The summed E-state index contributed by atoms with van der Waals surface area (Å²) in [6.45, 7) is 4.43. The van der Waals surface area contributed by atoms with Crippen LogP contribution in [0.2, 0.25) is 0 Å². The van der Waals surface area contributed by atoms with Crippen LogP contribution in [-0.2, 0) is 12.8 Å². The van der Waals surface area contributed by atoms with Crippen LogP contribution < -0.4 is 0 Å². The molecule has 0 spiro atoms. The first-order chi connectivity index (χ1) is 16.5. The summed E-state index contributed by atoms with van der Waals surface area (Å²) in [7, 11) is 0. The lowest BCUT2D eigenvalue weighted by atomic mass is 9.77. The summed E-state index contributed by atoms with van der Waals surface area (Å²) in [4.78, 5) is 0. The van der Waals surface area contributed by atoms with Crippen molar-refractivity contribution in [3.8, 4) is 0 Å². The molecule has 0 atom stereocenters. The van der Waals surface area contributed by atoms with E-state index in [-0.39, 0.29) is 26.4 Å². The van der Waals surface area contributed by atoms with Gasteiger partial charge in [0.05, 0.1) is 26.4 Å². The van der Waals surface area contributed by atoms with Gasteiger partial charge in [0.2, 0.25) is 0 Å². The number of benzene rings is 1. The minimum atomic E-state index is -0.468. The van der Waals surface area contributed by atoms with Crippen molar-refractivity contribution in [2.24, 2.45) is 10.8 Å². The average Bonchev–Trinajstić information content (AvgIpc) is 2.87. The van der Waals surface area contributed by atoms with Gasteiger partial charge in [-0.25, -0.2) is 0 Å². The molecule has 0 bridgehead atoms. The Morgan fingerprint density at radius 2 is 0.765 bits per heavy atom. The fraction of sp³-hybridized carbons (Fsp3) is 0.800. The van der Waals surface area contributed by atoms with Crippen LogP contribution in [-0.4, -0.2) is 46.9 Å². The molecule has 0 aromatic heterocycles. The standard InChI is InChI=1S/C30H54O4/c1-3-5-7-9-11-13-19-29(23-31,24-32)21-27-15-17-28(18-16-27)22-30(25-33,26-34)20-14-12-10-8-6-4-2/h15-18,31-34H,3-14,19-26H2,1-2H3. The Hall–Kier alpha value is -0.940. The maximum atomic E-state index is 10.1. The average molecular weight is 479 g/mol. The molecule has 0 aliphatic carbocycles. The van der Waals surface area contributed by atoms with Crippen molar-refractivity contribution in [1.29, 1.82) is 0 Å². The highest BCUT2D eigenvalue weighted by molar-refractivity contribution is 5.25. The molecule has 0 radical (unpaired) electrons. The van der Waals surface area contributed by atoms with Crippen LogP contribution in [0, 0.1) is 10.8 Å². The molecule has 0 fully saturated rings. The van der Waals surface area contributed by atoms with Crippen LogP contribution >= 0.6 is 0 Å². The predicted molar refractivity (Wildman–Crippen MR) is 143 cm³/mol. The highest BCUT2D eigenvalue weighted by Crippen LogP contribution is 2.32. The largest absolute Gasteiger partial charge is 0.396 e. The van der Waals surface area contributed by atoms with Gasteiger partial charge in [-0.15, -0.1) is 0 Å². The van der Waals surface area contributed by atoms with E-state index in [4.69, 9.17) is 0 Å². The molecule has 0 heterocycles. The van der Waals surface area contributed by atoms with Crippen molar-refractivity contribution in [2.75, 3.05) is 26.4 Å². The van der Waals surface area contributed by atoms with Crippen LogP contribution in [0.4, 0.5) is 0 Å². The molecule has 0 unspecified atom stereocenters. The molecule has 34 heavy (non-hydrogen) atoms. The van der Waals surface area contributed by atoms with E-state index >= 15 is 0 Å².